The van der Waals surface area contributed by atoms with Crippen LogP contribution in [0.5, 0.6) is 0 Å². The van der Waals surface area contributed by atoms with Crippen LogP contribution >= 0.6 is 0 Å². The van der Waals surface area contributed by atoms with E-state index in [4.69, 9.17) is 0 Å². The quantitative estimate of drug-likeness (QED) is 0.870. The number of hydrogen-bond donors (Lipinski definition) is 1. The normalized spacial score (nSPS) is 15.2. The van der Waals surface area contributed by atoms with E-state index in [0.29, 0.717) is 37.9 Å². The fraction of sp³-hybridized carbons (Fsp3) is 0.579. The fourth-order valence-corrected chi connectivity index (χ4v) is 3.01. The van der Waals surface area contributed by atoms with Crippen LogP contribution in [0.25, 0.3) is 0 Å². The molecule has 0 radical (unpaired) electrons. The van der Waals surface area contributed by atoms with E-state index >= 15 is 0 Å². The zero-order valence-electron chi connectivity index (χ0n) is 15.6. The van der Waals surface area contributed by atoms with Gasteiger partial charge in [0.05, 0.1) is 0 Å². The van der Waals surface area contributed by atoms with Crippen LogP contribution in [-0.2, 0) is 11.2 Å². The Morgan fingerprint density at radius 3 is 2.50 bits per heavy atom. The van der Waals surface area contributed by atoms with Crippen molar-refractivity contribution in [3.63, 3.8) is 0 Å². The first-order chi connectivity index (χ1) is 12.3. The van der Waals surface area contributed by atoms with E-state index in [2.05, 4.69) is 5.32 Å². The summed E-state index contributed by atoms with van der Waals surface area (Å²) in [5, 5.41) is 2.76. The molecule has 0 aromatic heterocycles. The Kier molecular flexibility index (Phi) is 6.94. The van der Waals surface area contributed by atoms with Crippen molar-refractivity contribution >= 4 is 11.9 Å². The van der Waals surface area contributed by atoms with E-state index in [0.717, 1.165) is 6.07 Å². The van der Waals surface area contributed by atoms with E-state index in [9.17, 15) is 18.4 Å². The molecule has 26 heavy (non-hydrogen) atoms. The van der Waals surface area contributed by atoms with Crippen LogP contribution in [0.1, 0.15) is 32.3 Å². The molecule has 1 aliphatic heterocycles. The molecule has 1 aromatic rings. The average Bonchev–Trinajstić information content (AvgIpc) is 2.62. The number of nitrogens with one attached hydrogen (secondary N) is 1. The Labute approximate surface area is 153 Å². The zero-order valence-corrected chi connectivity index (χ0v) is 15.6. The molecular weight excluding hydrogens is 340 g/mol. The Morgan fingerprint density at radius 1 is 1.27 bits per heavy atom. The highest BCUT2D eigenvalue weighted by molar-refractivity contribution is 5.79. The van der Waals surface area contributed by atoms with Gasteiger partial charge in [-0.1, -0.05) is 6.07 Å². The van der Waals surface area contributed by atoms with Gasteiger partial charge >= 0.3 is 6.03 Å². The molecule has 1 N–H and O–H groups in total. The lowest BCUT2D eigenvalue weighted by Gasteiger charge is -2.34. The van der Waals surface area contributed by atoms with Crippen LogP contribution in [0.15, 0.2) is 18.2 Å². The molecule has 5 nitrogen and oxygen atoms in total. The van der Waals surface area contributed by atoms with Gasteiger partial charge in [0, 0.05) is 44.7 Å². The van der Waals surface area contributed by atoms with Crippen LogP contribution in [0, 0.1) is 17.6 Å². The summed E-state index contributed by atoms with van der Waals surface area (Å²) in [5.41, 5.74) is 0.368. The number of rotatable bonds is 5. The first kappa shape index (κ1) is 20.1. The van der Waals surface area contributed by atoms with Gasteiger partial charge in [-0.3, -0.25) is 4.79 Å². The van der Waals surface area contributed by atoms with Gasteiger partial charge in [0.25, 0.3) is 0 Å². The number of nitrogens with zero attached hydrogens (tertiary/aromatic N) is 2. The van der Waals surface area contributed by atoms with E-state index < -0.39 is 11.6 Å². The highest BCUT2D eigenvalue weighted by Gasteiger charge is 2.29. The third-order valence-corrected chi connectivity index (χ3v) is 4.94. The molecule has 0 spiro atoms. The summed E-state index contributed by atoms with van der Waals surface area (Å²) in [6.45, 7) is 5.28. The molecule has 0 atom stereocenters. The van der Waals surface area contributed by atoms with Crippen molar-refractivity contribution in [2.45, 2.75) is 39.2 Å². The van der Waals surface area contributed by atoms with Crippen molar-refractivity contribution in [3.05, 3.63) is 35.4 Å². The molecule has 3 amide bonds. The summed E-state index contributed by atoms with van der Waals surface area (Å²) < 4.78 is 26.5. The molecule has 7 heteroatoms. The van der Waals surface area contributed by atoms with Crippen molar-refractivity contribution in [2.75, 3.05) is 26.7 Å². The number of benzene rings is 1. The van der Waals surface area contributed by atoms with E-state index in [1.54, 1.807) is 16.8 Å². The second kappa shape index (κ2) is 8.96. The number of likely N-dealkylation sites (tertiary alicyclic amines) is 1. The molecule has 2 rings (SSSR count). The molecule has 0 aliphatic carbocycles. The Bertz CT molecular complexity index is 644. The van der Waals surface area contributed by atoms with Crippen LogP contribution in [0.3, 0.4) is 0 Å². The van der Waals surface area contributed by atoms with Gasteiger partial charge in [-0.15, -0.1) is 0 Å². The number of carbonyl (C=O) groups excluding carboxylic acids is 2. The Hall–Kier alpha value is -2.18. The number of piperidine rings is 1. The van der Waals surface area contributed by atoms with Gasteiger partial charge in [0.15, 0.2) is 0 Å². The molecule has 0 unspecified atom stereocenters. The molecule has 1 fully saturated rings. The maximum atomic E-state index is 13.6. The molecule has 1 saturated heterocycles. The lowest BCUT2D eigenvalue weighted by Crippen LogP contribution is -2.48. The number of urea groups is 1. The highest BCUT2D eigenvalue weighted by atomic mass is 19.1. The maximum absolute atomic E-state index is 13.6. The molecule has 0 saturated carbocycles. The second-order valence-corrected chi connectivity index (χ2v) is 7.02. The van der Waals surface area contributed by atoms with E-state index in [1.165, 1.54) is 12.1 Å². The predicted molar refractivity (Wildman–Crippen MR) is 95.7 cm³/mol. The largest absolute Gasteiger partial charge is 0.343 e. The molecular formula is C19H27F2N3O2. The average molecular weight is 367 g/mol. The van der Waals surface area contributed by atoms with E-state index in [-0.39, 0.29) is 30.4 Å². The number of hydrogen-bond acceptors (Lipinski definition) is 2. The summed E-state index contributed by atoms with van der Waals surface area (Å²) in [5.74, 6) is -1.13. The van der Waals surface area contributed by atoms with Crippen LogP contribution in [0.2, 0.25) is 0 Å². The lowest BCUT2D eigenvalue weighted by molar-refractivity contribution is -0.137. The number of amides is 3. The summed E-state index contributed by atoms with van der Waals surface area (Å²) in [6.07, 6.45) is 1.60. The molecule has 1 aliphatic rings. The van der Waals surface area contributed by atoms with Gasteiger partial charge in [-0.05, 0) is 44.7 Å². The first-order valence-electron chi connectivity index (χ1n) is 9.03. The SMILES string of the molecule is CC(C)N(C)C(=O)C1CCN(C(=O)NCCc2ccc(F)cc2F)CC1. The standard InChI is InChI=1S/C19H27F2N3O2/c1-13(2)23(3)18(25)15-7-10-24(11-8-15)19(26)22-9-6-14-4-5-16(20)12-17(14)21/h4-5,12-13,15H,6-11H2,1-3H3,(H,22,26). The highest BCUT2D eigenvalue weighted by Crippen LogP contribution is 2.20. The zero-order chi connectivity index (χ0) is 19.3. The van der Waals surface area contributed by atoms with Crippen molar-refractivity contribution in [1.82, 2.24) is 15.1 Å². The smallest absolute Gasteiger partial charge is 0.317 e. The summed E-state index contributed by atoms with van der Waals surface area (Å²) in [7, 11) is 1.81. The third-order valence-electron chi connectivity index (χ3n) is 4.94. The monoisotopic (exact) mass is 367 g/mol. The minimum atomic E-state index is -0.615. The minimum absolute atomic E-state index is 0.0419. The van der Waals surface area contributed by atoms with Crippen LogP contribution in [0.4, 0.5) is 13.6 Å². The second-order valence-electron chi connectivity index (χ2n) is 7.02. The van der Waals surface area contributed by atoms with Gasteiger partial charge in [0.1, 0.15) is 11.6 Å². The predicted octanol–water partition coefficient (Wildman–Crippen LogP) is 2.80. The van der Waals surface area contributed by atoms with Gasteiger partial charge < -0.3 is 15.1 Å². The number of carbonyl (C=O) groups is 2. The number of halogens is 2. The van der Waals surface area contributed by atoms with Crippen LogP contribution < -0.4 is 5.32 Å². The maximum Gasteiger partial charge on any atom is 0.317 e. The molecule has 144 valence electrons. The van der Waals surface area contributed by atoms with E-state index in [1.807, 2.05) is 13.8 Å². The summed E-state index contributed by atoms with van der Waals surface area (Å²) in [4.78, 5) is 28.0. The topological polar surface area (TPSA) is 52.7 Å². The molecule has 1 aromatic carbocycles. The Morgan fingerprint density at radius 2 is 1.92 bits per heavy atom. The fourth-order valence-electron chi connectivity index (χ4n) is 3.01. The van der Waals surface area contributed by atoms with Crippen molar-refractivity contribution in [2.24, 2.45) is 5.92 Å². The molecule has 1 heterocycles. The van der Waals surface area contributed by atoms with Gasteiger partial charge in [0.2, 0.25) is 5.91 Å². The van der Waals surface area contributed by atoms with Crippen molar-refractivity contribution in [1.29, 1.82) is 0 Å². The van der Waals surface area contributed by atoms with Gasteiger partial charge in [-0.2, -0.15) is 0 Å². The third kappa shape index (κ3) is 5.16. The van der Waals surface area contributed by atoms with Crippen molar-refractivity contribution < 1.29 is 18.4 Å². The Balaban J connectivity index is 1.75. The minimum Gasteiger partial charge on any atom is -0.343 e. The van der Waals surface area contributed by atoms with Gasteiger partial charge in [-0.25, -0.2) is 13.6 Å². The summed E-state index contributed by atoms with van der Waals surface area (Å²) in [6, 6.07) is 3.38. The first-order valence-corrected chi connectivity index (χ1v) is 9.03. The molecule has 0 bridgehead atoms. The van der Waals surface area contributed by atoms with Crippen LogP contribution in [-0.4, -0.2) is 54.5 Å². The van der Waals surface area contributed by atoms with Crippen molar-refractivity contribution in [3.8, 4) is 0 Å². The lowest BCUT2D eigenvalue weighted by atomic mass is 9.95. The summed E-state index contributed by atoms with van der Waals surface area (Å²) >= 11 is 0.